The van der Waals surface area contributed by atoms with Crippen molar-refractivity contribution in [3.63, 3.8) is 0 Å². The van der Waals surface area contributed by atoms with Crippen molar-refractivity contribution in [1.82, 2.24) is 0 Å². The van der Waals surface area contributed by atoms with E-state index in [0.717, 1.165) is 48.5 Å². The van der Waals surface area contributed by atoms with Crippen molar-refractivity contribution in [2.75, 3.05) is 39.6 Å². The predicted molar refractivity (Wildman–Crippen MR) is 128 cm³/mol. The van der Waals surface area contributed by atoms with Crippen LogP contribution < -0.4 is 26.5 Å². The molecule has 32 heavy (non-hydrogen) atoms. The van der Waals surface area contributed by atoms with Crippen LogP contribution in [-0.4, -0.2) is 39.6 Å². The van der Waals surface area contributed by atoms with E-state index in [-0.39, 0.29) is 17.0 Å². The average Bonchev–Trinajstić information content (AvgIpc) is 2.78. The van der Waals surface area contributed by atoms with Crippen molar-refractivity contribution >= 4 is 0 Å². The molecule has 0 N–H and O–H groups in total. The zero-order valence-electron chi connectivity index (χ0n) is 19.4. The number of ether oxygens (including phenoxy) is 4. The molecule has 0 spiro atoms. The fraction of sp³-hybridized carbons (Fsp3) is 0.407. The van der Waals surface area contributed by atoms with Crippen LogP contribution in [0.3, 0.4) is 0 Å². The molecule has 0 saturated heterocycles. The first kappa shape index (κ1) is 28.0. The Balaban J connectivity index is 0.00000512. The van der Waals surface area contributed by atoms with Gasteiger partial charge in [-0.25, -0.2) is 0 Å². The van der Waals surface area contributed by atoms with Gasteiger partial charge in [0.15, 0.2) is 0 Å². The minimum atomic E-state index is 0. The SMILES string of the molecule is C=CCc1ccc(OCC)c(-c2cc(CC=C)ccc2OCCOCCOCCC)c1.[Br-]. The smallest absolute Gasteiger partial charge is 0.127 e. The van der Waals surface area contributed by atoms with Gasteiger partial charge in [0.1, 0.15) is 18.1 Å². The molecule has 0 fully saturated rings. The Kier molecular flexibility index (Phi) is 14.4. The van der Waals surface area contributed by atoms with E-state index in [2.05, 4.69) is 44.3 Å². The van der Waals surface area contributed by atoms with Gasteiger partial charge in [-0.1, -0.05) is 31.2 Å². The average molecular weight is 504 g/mol. The van der Waals surface area contributed by atoms with Gasteiger partial charge in [0.25, 0.3) is 0 Å². The van der Waals surface area contributed by atoms with Crippen LogP contribution >= 0.6 is 0 Å². The molecule has 0 radical (unpaired) electrons. The fourth-order valence-corrected chi connectivity index (χ4v) is 3.25. The fourth-order valence-electron chi connectivity index (χ4n) is 3.25. The van der Waals surface area contributed by atoms with Gasteiger partial charge < -0.3 is 35.9 Å². The number of benzene rings is 2. The van der Waals surface area contributed by atoms with Gasteiger partial charge in [-0.2, -0.15) is 0 Å². The molecule has 2 rings (SSSR count). The Morgan fingerprint density at radius 2 is 1.19 bits per heavy atom. The highest BCUT2D eigenvalue weighted by atomic mass is 79.9. The third kappa shape index (κ3) is 9.19. The largest absolute Gasteiger partial charge is 1.00 e. The molecule has 0 amide bonds. The van der Waals surface area contributed by atoms with Crippen LogP contribution in [0.2, 0.25) is 0 Å². The normalized spacial score (nSPS) is 10.3. The quantitative estimate of drug-likeness (QED) is 0.260. The zero-order chi connectivity index (χ0) is 22.3. The first-order chi connectivity index (χ1) is 15.2. The second-order valence-electron chi connectivity index (χ2n) is 7.15. The molecule has 0 aliphatic carbocycles. The lowest BCUT2D eigenvalue weighted by Gasteiger charge is -2.17. The first-order valence-electron chi connectivity index (χ1n) is 11.1. The molecule has 2 aromatic carbocycles. The number of hydrogen-bond donors (Lipinski definition) is 0. The third-order valence-electron chi connectivity index (χ3n) is 4.64. The molecule has 0 bridgehead atoms. The summed E-state index contributed by atoms with van der Waals surface area (Å²) in [6.45, 7) is 15.4. The van der Waals surface area contributed by atoms with E-state index in [4.69, 9.17) is 18.9 Å². The molecule has 0 aliphatic rings. The standard InChI is InChI=1S/C27H36O4.BrH/c1-5-9-22-11-13-26(30-8-4)24(20-22)25-21-23(10-6-2)12-14-27(25)31-19-18-29-17-16-28-15-7-3;/h5-6,11-14,20-21H,1-2,7-10,15-19H2,3-4H3;1H/p-1. The van der Waals surface area contributed by atoms with E-state index >= 15 is 0 Å². The molecule has 5 heteroatoms. The number of rotatable bonds is 16. The van der Waals surface area contributed by atoms with E-state index in [1.54, 1.807) is 0 Å². The van der Waals surface area contributed by atoms with Crippen LogP contribution in [0.15, 0.2) is 61.7 Å². The number of halogens is 1. The maximum atomic E-state index is 6.12. The minimum absolute atomic E-state index is 0. The second-order valence-corrected chi connectivity index (χ2v) is 7.15. The first-order valence-corrected chi connectivity index (χ1v) is 11.1. The van der Waals surface area contributed by atoms with Crippen molar-refractivity contribution in [3.8, 4) is 22.6 Å². The van der Waals surface area contributed by atoms with Gasteiger partial charge in [-0.05, 0) is 61.6 Å². The summed E-state index contributed by atoms with van der Waals surface area (Å²) >= 11 is 0. The van der Waals surface area contributed by atoms with E-state index in [9.17, 15) is 0 Å². The van der Waals surface area contributed by atoms with Crippen molar-refractivity contribution in [1.29, 1.82) is 0 Å². The molecular formula is C27H36BrO4-. The van der Waals surface area contributed by atoms with Crippen LogP contribution in [0.1, 0.15) is 31.4 Å². The third-order valence-corrected chi connectivity index (χ3v) is 4.64. The van der Waals surface area contributed by atoms with Gasteiger partial charge in [-0.15, -0.1) is 13.2 Å². The van der Waals surface area contributed by atoms with Gasteiger partial charge in [0.05, 0.1) is 26.4 Å². The molecule has 4 nitrogen and oxygen atoms in total. The van der Waals surface area contributed by atoms with Crippen LogP contribution in [0.25, 0.3) is 11.1 Å². The summed E-state index contributed by atoms with van der Waals surface area (Å²) in [5, 5.41) is 0. The Morgan fingerprint density at radius 1 is 0.688 bits per heavy atom. The van der Waals surface area contributed by atoms with Crippen LogP contribution in [0.4, 0.5) is 0 Å². The van der Waals surface area contributed by atoms with Gasteiger partial charge in [-0.3, -0.25) is 0 Å². The monoisotopic (exact) mass is 503 g/mol. The highest BCUT2D eigenvalue weighted by Gasteiger charge is 2.14. The number of allylic oxidation sites excluding steroid dienone is 2. The van der Waals surface area contributed by atoms with E-state index in [1.807, 2.05) is 31.2 Å². The van der Waals surface area contributed by atoms with Crippen molar-refractivity contribution in [2.24, 2.45) is 0 Å². The lowest BCUT2D eigenvalue weighted by Crippen LogP contribution is -3.00. The lowest BCUT2D eigenvalue weighted by atomic mass is 9.97. The summed E-state index contributed by atoms with van der Waals surface area (Å²) in [6.07, 6.45) is 6.43. The summed E-state index contributed by atoms with van der Waals surface area (Å²) < 4.78 is 23.1. The summed E-state index contributed by atoms with van der Waals surface area (Å²) in [7, 11) is 0. The Bertz CT molecular complexity index is 819. The van der Waals surface area contributed by atoms with Crippen molar-refractivity contribution in [3.05, 3.63) is 72.8 Å². The molecule has 2 aromatic rings. The van der Waals surface area contributed by atoms with Gasteiger partial charge >= 0.3 is 0 Å². The van der Waals surface area contributed by atoms with Gasteiger partial charge in [0.2, 0.25) is 0 Å². The molecular weight excluding hydrogens is 468 g/mol. The molecule has 176 valence electrons. The highest BCUT2D eigenvalue weighted by Crippen LogP contribution is 2.38. The molecule has 0 atom stereocenters. The topological polar surface area (TPSA) is 36.9 Å². The Hall–Kier alpha value is -2.08. The maximum absolute atomic E-state index is 6.12. The van der Waals surface area contributed by atoms with Gasteiger partial charge in [0, 0.05) is 17.7 Å². The van der Waals surface area contributed by atoms with E-state index < -0.39 is 0 Å². The Morgan fingerprint density at radius 3 is 1.69 bits per heavy atom. The van der Waals surface area contributed by atoms with Crippen LogP contribution in [-0.2, 0) is 22.3 Å². The minimum Gasteiger partial charge on any atom is -1.00 e. The van der Waals surface area contributed by atoms with Crippen LogP contribution in [0.5, 0.6) is 11.5 Å². The molecule has 0 saturated carbocycles. The second kappa shape index (κ2) is 16.5. The number of hydrogen-bond acceptors (Lipinski definition) is 4. The highest BCUT2D eigenvalue weighted by molar-refractivity contribution is 5.77. The van der Waals surface area contributed by atoms with E-state index in [0.29, 0.717) is 33.0 Å². The van der Waals surface area contributed by atoms with Crippen LogP contribution in [0, 0.1) is 0 Å². The summed E-state index contributed by atoms with van der Waals surface area (Å²) in [5.41, 5.74) is 4.40. The van der Waals surface area contributed by atoms with Crippen molar-refractivity contribution < 1.29 is 35.9 Å². The molecule has 0 heterocycles. The maximum Gasteiger partial charge on any atom is 0.127 e. The summed E-state index contributed by atoms with van der Waals surface area (Å²) in [4.78, 5) is 0. The molecule has 0 aromatic heterocycles. The zero-order valence-corrected chi connectivity index (χ0v) is 21.0. The molecule has 0 aliphatic heterocycles. The predicted octanol–water partition coefficient (Wildman–Crippen LogP) is 3.04. The summed E-state index contributed by atoms with van der Waals surface area (Å²) in [5.74, 6) is 1.66. The van der Waals surface area contributed by atoms with E-state index in [1.165, 1.54) is 11.1 Å². The molecule has 0 unspecified atom stereocenters. The summed E-state index contributed by atoms with van der Waals surface area (Å²) in [6, 6.07) is 12.5. The lowest BCUT2D eigenvalue weighted by molar-refractivity contribution is -0.00000798. The van der Waals surface area contributed by atoms with Crippen molar-refractivity contribution in [2.45, 2.75) is 33.1 Å². The Labute approximate surface area is 204 Å².